The fourth-order valence-electron chi connectivity index (χ4n) is 8.04. The molecule has 9 nitrogen and oxygen atoms in total. The molecule has 0 fully saturated rings. The van der Waals surface area contributed by atoms with Crippen molar-refractivity contribution in [3.63, 3.8) is 0 Å². The van der Waals surface area contributed by atoms with E-state index in [1.54, 1.807) is 6.08 Å². The van der Waals surface area contributed by atoms with Gasteiger partial charge in [0, 0.05) is 12.8 Å². The third-order valence-corrected chi connectivity index (χ3v) is 13.7. The second-order valence-corrected chi connectivity index (χ2v) is 22.9. The highest BCUT2D eigenvalue weighted by molar-refractivity contribution is 7.45. The minimum Gasteiger partial charge on any atom is -0.756 e. The molecule has 79 heavy (non-hydrogen) atoms. The van der Waals surface area contributed by atoms with Crippen LogP contribution in [-0.2, 0) is 27.9 Å². The molecule has 3 atom stereocenters. The molecule has 0 saturated carbocycles. The van der Waals surface area contributed by atoms with E-state index in [0.29, 0.717) is 23.9 Å². The topological polar surface area (TPSA) is 114 Å². The summed E-state index contributed by atoms with van der Waals surface area (Å²) in [6.45, 7) is 6.53. The van der Waals surface area contributed by atoms with Gasteiger partial charge in [-0.2, -0.15) is 0 Å². The van der Waals surface area contributed by atoms with Crippen LogP contribution in [0.2, 0.25) is 0 Å². The zero-order chi connectivity index (χ0) is 57.9. The van der Waals surface area contributed by atoms with E-state index in [1.165, 1.54) is 64.2 Å². The Kier molecular flexibility index (Phi) is 54.2. The number of carbonyl (C=O) groups is 2. The van der Waals surface area contributed by atoms with Crippen LogP contribution in [0.1, 0.15) is 226 Å². The fraction of sp³-hybridized carbons (Fsp3) is 0.623. The number of phosphoric ester groups is 1. The molecule has 10 heteroatoms. The van der Waals surface area contributed by atoms with E-state index in [2.05, 4.69) is 148 Å². The van der Waals surface area contributed by atoms with E-state index in [1.807, 2.05) is 39.4 Å². The number of amides is 1. The number of rotatable bonds is 54. The maximum absolute atomic E-state index is 13.5. The molecular weight excluding hydrogens is 1000 g/mol. The smallest absolute Gasteiger partial charge is 0.306 e. The quantitative estimate of drug-likeness (QED) is 0.0212. The van der Waals surface area contributed by atoms with Crippen molar-refractivity contribution in [1.82, 2.24) is 5.32 Å². The number of nitrogens with zero attached hydrogens (tertiary/aromatic N) is 1. The van der Waals surface area contributed by atoms with Crippen LogP contribution in [0.5, 0.6) is 0 Å². The van der Waals surface area contributed by atoms with Crippen LogP contribution in [-0.4, -0.2) is 69.4 Å². The third-order valence-electron chi connectivity index (χ3n) is 12.8. The lowest BCUT2D eigenvalue weighted by molar-refractivity contribution is -0.870. The molecule has 0 bridgehead atoms. The van der Waals surface area contributed by atoms with E-state index < -0.39 is 32.5 Å². The van der Waals surface area contributed by atoms with Crippen molar-refractivity contribution in [3.8, 4) is 0 Å². The van der Waals surface area contributed by atoms with E-state index in [0.717, 1.165) is 116 Å². The standard InChI is InChI=1S/C69H115N2O7P/c1-7-10-13-16-19-22-25-27-29-31-33-34-35-36-38-39-41-43-46-49-52-55-58-61-68(72)70-66(65-77-79(74,75)76-64-63-71(4,5)6)67(60-57-54-51-48-45-24-21-18-15-12-9-3)78-69(73)62-59-56-53-50-47-44-42-40-37-32-30-28-26-23-20-17-14-11-8-2/h10-11,13-14,19-20,22-23,27-30,33-34,36-38,40,44,47,53,56-57,60,66-67H,7-9,12,15-18,21,24-26,31-32,35,39,41-43,45-46,48-52,54-55,58-59,61-65H2,1-6H3,(H-,70,72,74,75)/b13-10-,14-11-,22-19-,23-20-,29-27-,30-28-,34-33-,38-36-,40-37-,47-44-,56-53-,60-57-. The molecule has 0 rings (SSSR count). The Labute approximate surface area is 485 Å². The summed E-state index contributed by atoms with van der Waals surface area (Å²) >= 11 is 0. The molecule has 0 aromatic heterocycles. The molecule has 0 saturated heterocycles. The van der Waals surface area contributed by atoms with Crippen molar-refractivity contribution < 1.29 is 37.3 Å². The van der Waals surface area contributed by atoms with Gasteiger partial charge in [0.25, 0.3) is 7.82 Å². The molecule has 0 aliphatic rings. The second-order valence-electron chi connectivity index (χ2n) is 21.4. The van der Waals surface area contributed by atoms with Gasteiger partial charge >= 0.3 is 5.97 Å². The minimum atomic E-state index is -4.73. The number of phosphoric acid groups is 1. The molecule has 3 unspecified atom stereocenters. The minimum absolute atomic E-state index is 0.0444. The second kappa shape index (κ2) is 57.1. The Balaban J connectivity index is 5.34. The average Bonchev–Trinajstić information content (AvgIpc) is 3.41. The van der Waals surface area contributed by atoms with Gasteiger partial charge in [-0.15, -0.1) is 0 Å². The summed E-state index contributed by atoms with van der Waals surface area (Å²) in [6.07, 6.45) is 82.6. The van der Waals surface area contributed by atoms with Gasteiger partial charge in [-0.05, 0) is 115 Å². The number of quaternary nitrogens is 1. The zero-order valence-electron chi connectivity index (χ0n) is 51.0. The molecule has 0 aliphatic carbocycles. The summed E-state index contributed by atoms with van der Waals surface area (Å²) in [4.78, 5) is 40.0. The Bertz CT molecular complexity index is 1860. The number of unbranched alkanes of at least 4 members (excludes halogenated alkanes) is 16. The van der Waals surface area contributed by atoms with E-state index in [-0.39, 0.29) is 25.4 Å². The summed E-state index contributed by atoms with van der Waals surface area (Å²) in [5, 5.41) is 3.00. The van der Waals surface area contributed by atoms with Crippen molar-refractivity contribution in [2.24, 2.45) is 0 Å². The summed E-state index contributed by atoms with van der Waals surface area (Å²) in [5.41, 5.74) is 0. The lowest BCUT2D eigenvalue weighted by Crippen LogP contribution is -2.47. The first-order valence-corrected chi connectivity index (χ1v) is 32.6. The van der Waals surface area contributed by atoms with Crippen molar-refractivity contribution in [2.45, 2.75) is 238 Å². The number of likely N-dealkylation sites (N-methyl/N-ethyl adjacent to an activating group) is 1. The van der Waals surface area contributed by atoms with E-state index >= 15 is 0 Å². The van der Waals surface area contributed by atoms with Gasteiger partial charge in [0.2, 0.25) is 5.91 Å². The highest BCUT2D eigenvalue weighted by atomic mass is 31.2. The first kappa shape index (κ1) is 74.9. The number of hydrogen-bond acceptors (Lipinski definition) is 7. The van der Waals surface area contributed by atoms with Gasteiger partial charge in [0.05, 0.1) is 33.8 Å². The first-order valence-electron chi connectivity index (χ1n) is 31.1. The molecule has 0 spiro atoms. The maximum atomic E-state index is 13.5. The predicted molar refractivity (Wildman–Crippen MR) is 339 cm³/mol. The lowest BCUT2D eigenvalue weighted by Gasteiger charge is -2.30. The number of allylic oxidation sites excluding steroid dienone is 23. The Morgan fingerprint density at radius 3 is 1.24 bits per heavy atom. The molecule has 0 radical (unpaired) electrons. The van der Waals surface area contributed by atoms with E-state index in [9.17, 15) is 19.0 Å². The van der Waals surface area contributed by atoms with Crippen LogP contribution in [0.25, 0.3) is 0 Å². The van der Waals surface area contributed by atoms with Crippen LogP contribution in [0.15, 0.2) is 146 Å². The highest BCUT2D eigenvalue weighted by Gasteiger charge is 2.27. The van der Waals surface area contributed by atoms with Crippen molar-refractivity contribution in [3.05, 3.63) is 146 Å². The average molecular weight is 1120 g/mol. The summed E-state index contributed by atoms with van der Waals surface area (Å²) in [7, 11) is 1.11. The van der Waals surface area contributed by atoms with Crippen LogP contribution in [0.3, 0.4) is 0 Å². The number of carbonyl (C=O) groups excluding carboxylic acids is 2. The molecule has 0 aromatic rings. The number of hydrogen-bond donors (Lipinski definition) is 1. The molecule has 0 aliphatic heterocycles. The van der Waals surface area contributed by atoms with Crippen LogP contribution < -0.4 is 10.2 Å². The van der Waals surface area contributed by atoms with Gasteiger partial charge in [-0.1, -0.05) is 244 Å². The molecule has 0 heterocycles. The largest absolute Gasteiger partial charge is 0.756 e. The van der Waals surface area contributed by atoms with Gasteiger partial charge in [0.1, 0.15) is 19.3 Å². The van der Waals surface area contributed by atoms with Gasteiger partial charge < -0.3 is 28.5 Å². The Hall–Kier alpha value is -4.11. The molecule has 1 amide bonds. The molecule has 448 valence electrons. The van der Waals surface area contributed by atoms with E-state index in [4.69, 9.17) is 13.8 Å². The number of nitrogens with one attached hydrogen (secondary N) is 1. The maximum Gasteiger partial charge on any atom is 0.306 e. The third kappa shape index (κ3) is 58.4. The van der Waals surface area contributed by atoms with Crippen LogP contribution in [0.4, 0.5) is 0 Å². The van der Waals surface area contributed by atoms with Crippen LogP contribution >= 0.6 is 7.82 Å². The summed E-state index contributed by atoms with van der Waals surface area (Å²) in [6, 6.07) is -0.936. The highest BCUT2D eigenvalue weighted by Crippen LogP contribution is 2.38. The summed E-state index contributed by atoms with van der Waals surface area (Å²) in [5.74, 6) is -0.664. The fourth-order valence-corrected chi connectivity index (χ4v) is 8.77. The number of esters is 1. The van der Waals surface area contributed by atoms with Crippen molar-refractivity contribution in [2.75, 3.05) is 40.9 Å². The Morgan fingerprint density at radius 1 is 0.456 bits per heavy atom. The lowest BCUT2D eigenvalue weighted by atomic mass is 10.1. The van der Waals surface area contributed by atoms with Gasteiger partial charge in [0.15, 0.2) is 0 Å². The predicted octanol–water partition coefficient (Wildman–Crippen LogP) is 18.8. The molecule has 1 N–H and O–H groups in total. The van der Waals surface area contributed by atoms with Gasteiger partial charge in [-0.3, -0.25) is 14.2 Å². The molecule has 0 aromatic carbocycles. The number of ether oxygens (including phenoxy) is 1. The Morgan fingerprint density at radius 2 is 0.823 bits per heavy atom. The van der Waals surface area contributed by atoms with Crippen LogP contribution in [0, 0.1) is 0 Å². The van der Waals surface area contributed by atoms with Crippen molar-refractivity contribution in [1.29, 1.82) is 0 Å². The monoisotopic (exact) mass is 1110 g/mol. The normalized spacial score (nSPS) is 14.7. The summed E-state index contributed by atoms with van der Waals surface area (Å²) < 4.78 is 30.2. The SMILES string of the molecule is CC/C=C\C/C=C\C/C=C\C/C=C\C/C=C\C/C=C\CCC(=O)OC(/C=C\CCCCCCCCCCC)C(COP(=O)([O-])OCC[N+](C)(C)C)NC(=O)CCCCCCCCC/C=C\C/C=C\C/C=C\C/C=C\C/C=C\CC. The molecular formula is C69H115N2O7P. The zero-order valence-corrected chi connectivity index (χ0v) is 51.9. The van der Waals surface area contributed by atoms with Gasteiger partial charge in [-0.25, -0.2) is 0 Å². The van der Waals surface area contributed by atoms with Crippen molar-refractivity contribution >= 4 is 19.7 Å². The first-order chi connectivity index (χ1) is 38.4.